The molecule has 1 fully saturated rings. The molecule has 0 aliphatic carbocycles. The first-order valence-corrected chi connectivity index (χ1v) is 6.29. The Bertz CT molecular complexity index is 581. The number of methoxy groups -OCH3 is 1. The van der Waals surface area contributed by atoms with Crippen LogP contribution in [-0.4, -0.2) is 35.6 Å². The maximum absolute atomic E-state index is 12.0. The summed E-state index contributed by atoms with van der Waals surface area (Å²) in [6, 6.07) is 4.49. The number of nitrogens with zero attached hydrogens (tertiary/aromatic N) is 1. The van der Waals surface area contributed by atoms with Crippen molar-refractivity contribution in [2.75, 3.05) is 13.7 Å². The Morgan fingerprint density at radius 3 is 2.80 bits per heavy atom. The van der Waals surface area contributed by atoms with Crippen LogP contribution < -0.4 is 10.1 Å². The van der Waals surface area contributed by atoms with Crippen molar-refractivity contribution in [3.63, 3.8) is 0 Å². The predicted octanol–water partition coefficient (Wildman–Crippen LogP) is 1.70. The number of phenols is 1. The first-order valence-electron chi connectivity index (χ1n) is 6.29. The molecule has 0 atom stereocenters. The number of imide groups is 1. The van der Waals surface area contributed by atoms with Crippen LogP contribution in [0.5, 0.6) is 11.5 Å². The molecule has 3 amide bonds. The highest BCUT2D eigenvalue weighted by Gasteiger charge is 2.32. The molecule has 2 rings (SSSR count). The molecule has 0 aromatic heterocycles. The van der Waals surface area contributed by atoms with Crippen LogP contribution >= 0.6 is 0 Å². The number of ether oxygens (including phenoxy) is 1. The quantitative estimate of drug-likeness (QED) is 0.648. The molecule has 1 saturated heterocycles. The zero-order valence-electron chi connectivity index (χ0n) is 11.3. The fraction of sp³-hybridized carbons (Fsp3) is 0.286. The molecule has 1 aromatic rings. The first-order chi connectivity index (χ1) is 9.58. The number of aromatic hydroxyl groups is 1. The molecule has 106 valence electrons. The van der Waals surface area contributed by atoms with Gasteiger partial charge in [0.25, 0.3) is 5.91 Å². The predicted molar refractivity (Wildman–Crippen MR) is 73.2 cm³/mol. The number of carbonyl (C=O) groups excluding carboxylic acids is 2. The van der Waals surface area contributed by atoms with Crippen LogP contribution in [0, 0.1) is 0 Å². The van der Waals surface area contributed by atoms with Gasteiger partial charge in [0, 0.05) is 12.1 Å². The number of rotatable bonds is 4. The van der Waals surface area contributed by atoms with E-state index in [1.54, 1.807) is 18.2 Å². The lowest BCUT2D eigenvalue weighted by Crippen LogP contribution is -2.31. The highest BCUT2D eigenvalue weighted by molar-refractivity contribution is 6.14. The number of hydrogen-bond donors (Lipinski definition) is 2. The van der Waals surface area contributed by atoms with Crippen molar-refractivity contribution in [1.82, 2.24) is 10.2 Å². The van der Waals surface area contributed by atoms with E-state index in [1.807, 2.05) is 6.92 Å². The standard InChI is InChI=1S/C14H16N2O4/c1-3-7-16-13(18)10(15-14(16)19)8-9-5-4-6-11(20-2)12(9)17/h4-6,8,17H,3,7H2,1-2H3,(H,15,19)/b10-8-. The third-order valence-electron chi connectivity index (χ3n) is 2.96. The Morgan fingerprint density at radius 1 is 1.40 bits per heavy atom. The van der Waals surface area contributed by atoms with E-state index in [4.69, 9.17) is 4.74 Å². The van der Waals surface area contributed by atoms with Gasteiger partial charge < -0.3 is 15.2 Å². The first kappa shape index (κ1) is 13.9. The number of hydrogen-bond acceptors (Lipinski definition) is 4. The molecule has 1 heterocycles. The zero-order chi connectivity index (χ0) is 14.7. The highest BCUT2D eigenvalue weighted by atomic mass is 16.5. The summed E-state index contributed by atoms with van der Waals surface area (Å²) < 4.78 is 5.00. The van der Waals surface area contributed by atoms with Gasteiger partial charge >= 0.3 is 6.03 Å². The Morgan fingerprint density at radius 2 is 2.15 bits per heavy atom. The number of nitrogens with one attached hydrogen (secondary N) is 1. The van der Waals surface area contributed by atoms with Crippen LogP contribution in [-0.2, 0) is 4.79 Å². The molecule has 1 aliphatic heterocycles. The van der Waals surface area contributed by atoms with Gasteiger partial charge in [-0.15, -0.1) is 0 Å². The van der Waals surface area contributed by atoms with Gasteiger partial charge in [-0.05, 0) is 18.6 Å². The van der Waals surface area contributed by atoms with E-state index >= 15 is 0 Å². The molecular weight excluding hydrogens is 260 g/mol. The maximum Gasteiger partial charge on any atom is 0.329 e. The summed E-state index contributed by atoms with van der Waals surface area (Å²) in [7, 11) is 1.44. The van der Waals surface area contributed by atoms with Crippen molar-refractivity contribution in [3.8, 4) is 11.5 Å². The largest absolute Gasteiger partial charge is 0.504 e. The summed E-state index contributed by atoms with van der Waals surface area (Å²) in [4.78, 5) is 24.8. The van der Waals surface area contributed by atoms with E-state index in [9.17, 15) is 14.7 Å². The number of urea groups is 1. The second kappa shape index (κ2) is 5.64. The van der Waals surface area contributed by atoms with Gasteiger partial charge in [-0.25, -0.2) is 4.79 Å². The van der Waals surface area contributed by atoms with Crippen molar-refractivity contribution >= 4 is 18.0 Å². The van der Waals surface area contributed by atoms with Gasteiger partial charge in [-0.1, -0.05) is 19.1 Å². The molecule has 0 bridgehead atoms. The van der Waals surface area contributed by atoms with Crippen molar-refractivity contribution < 1.29 is 19.4 Å². The highest BCUT2D eigenvalue weighted by Crippen LogP contribution is 2.31. The van der Waals surface area contributed by atoms with Crippen LogP contribution in [0.25, 0.3) is 6.08 Å². The lowest BCUT2D eigenvalue weighted by Gasteiger charge is -2.09. The minimum Gasteiger partial charge on any atom is -0.504 e. The average molecular weight is 276 g/mol. The second-order valence-electron chi connectivity index (χ2n) is 4.34. The molecule has 6 nitrogen and oxygen atoms in total. The van der Waals surface area contributed by atoms with Crippen molar-refractivity contribution in [2.24, 2.45) is 0 Å². The van der Waals surface area contributed by atoms with Crippen LogP contribution in [0.2, 0.25) is 0 Å². The number of para-hydroxylation sites is 1. The van der Waals surface area contributed by atoms with E-state index in [0.29, 0.717) is 24.3 Å². The Kier molecular flexibility index (Phi) is 3.93. The minimum atomic E-state index is -0.439. The van der Waals surface area contributed by atoms with Gasteiger partial charge in [0.1, 0.15) is 5.70 Å². The van der Waals surface area contributed by atoms with E-state index < -0.39 is 6.03 Å². The van der Waals surface area contributed by atoms with E-state index in [-0.39, 0.29) is 17.4 Å². The average Bonchev–Trinajstić information content (AvgIpc) is 2.69. The van der Waals surface area contributed by atoms with Crippen LogP contribution in [0.15, 0.2) is 23.9 Å². The Balaban J connectivity index is 2.33. The summed E-state index contributed by atoms with van der Waals surface area (Å²) in [5.74, 6) is -0.154. The number of carbonyl (C=O) groups is 2. The van der Waals surface area contributed by atoms with Gasteiger partial charge in [-0.3, -0.25) is 9.69 Å². The van der Waals surface area contributed by atoms with Crippen LogP contribution in [0.3, 0.4) is 0 Å². The molecule has 20 heavy (non-hydrogen) atoms. The van der Waals surface area contributed by atoms with E-state index in [1.165, 1.54) is 13.2 Å². The zero-order valence-corrected chi connectivity index (χ0v) is 11.3. The molecule has 0 spiro atoms. The maximum atomic E-state index is 12.0. The second-order valence-corrected chi connectivity index (χ2v) is 4.34. The van der Waals surface area contributed by atoms with Gasteiger partial charge in [0.2, 0.25) is 0 Å². The topological polar surface area (TPSA) is 78.9 Å². The molecule has 0 saturated carbocycles. The monoisotopic (exact) mass is 276 g/mol. The fourth-order valence-corrected chi connectivity index (χ4v) is 1.97. The number of amides is 3. The summed E-state index contributed by atoms with van der Waals surface area (Å²) >= 11 is 0. The lowest BCUT2D eigenvalue weighted by molar-refractivity contribution is -0.122. The Labute approximate surface area is 116 Å². The molecule has 1 aliphatic rings. The molecule has 2 N–H and O–H groups in total. The normalized spacial score (nSPS) is 16.7. The molecule has 0 radical (unpaired) electrons. The summed E-state index contributed by atoms with van der Waals surface area (Å²) in [5, 5.41) is 12.5. The SMILES string of the molecule is CCCN1C(=O)N/C(=C\c2cccc(OC)c2O)C1=O. The van der Waals surface area contributed by atoms with Crippen LogP contribution in [0.1, 0.15) is 18.9 Å². The van der Waals surface area contributed by atoms with Gasteiger partial charge in [0.05, 0.1) is 7.11 Å². The van der Waals surface area contributed by atoms with Crippen molar-refractivity contribution in [3.05, 3.63) is 29.5 Å². The summed E-state index contributed by atoms with van der Waals surface area (Å²) in [6.45, 7) is 2.25. The fourth-order valence-electron chi connectivity index (χ4n) is 1.97. The third kappa shape index (κ3) is 2.45. The summed E-state index contributed by atoms with van der Waals surface area (Å²) in [6.07, 6.45) is 2.13. The molecular formula is C14H16N2O4. The minimum absolute atomic E-state index is 0.0708. The number of benzene rings is 1. The molecule has 1 aromatic carbocycles. The Hall–Kier alpha value is -2.50. The summed E-state index contributed by atoms with van der Waals surface area (Å²) in [5.41, 5.74) is 0.554. The number of phenolic OH excluding ortho intramolecular Hbond substituents is 1. The smallest absolute Gasteiger partial charge is 0.329 e. The van der Waals surface area contributed by atoms with Crippen molar-refractivity contribution in [1.29, 1.82) is 0 Å². The van der Waals surface area contributed by atoms with Gasteiger partial charge in [-0.2, -0.15) is 0 Å². The molecule has 6 heteroatoms. The van der Waals surface area contributed by atoms with E-state index in [0.717, 1.165) is 4.90 Å². The van der Waals surface area contributed by atoms with Gasteiger partial charge in [0.15, 0.2) is 11.5 Å². The third-order valence-corrected chi connectivity index (χ3v) is 2.96. The van der Waals surface area contributed by atoms with Crippen LogP contribution in [0.4, 0.5) is 4.79 Å². The van der Waals surface area contributed by atoms with E-state index in [2.05, 4.69) is 5.32 Å². The van der Waals surface area contributed by atoms with Crippen molar-refractivity contribution in [2.45, 2.75) is 13.3 Å². The lowest BCUT2D eigenvalue weighted by atomic mass is 10.1. The molecule has 0 unspecified atom stereocenters.